The fourth-order valence-corrected chi connectivity index (χ4v) is 13.0. The Balaban J connectivity index is 1.05. The molecule has 1 aliphatic heterocycles. The van der Waals surface area contributed by atoms with Crippen LogP contribution in [0.2, 0.25) is 0 Å². The Morgan fingerprint density at radius 3 is 1.78 bits per heavy atom. The van der Waals surface area contributed by atoms with Gasteiger partial charge in [0, 0.05) is 67.2 Å². The largest absolute Gasteiger partial charge is 0.456 e. The number of allylic oxidation sites excluding steroid dienone is 1. The zero-order chi connectivity index (χ0) is 50.4. The van der Waals surface area contributed by atoms with Crippen LogP contribution < -0.4 is 0 Å². The summed E-state index contributed by atoms with van der Waals surface area (Å²) >= 11 is 0. The molecule has 0 bridgehead atoms. The van der Waals surface area contributed by atoms with Crippen molar-refractivity contribution in [3.63, 3.8) is 0 Å². The molecule has 14 aromatic rings. The van der Waals surface area contributed by atoms with E-state index in [1.54, 1.807) is 0 Å². The minimum absolute atomic E-state index is 0.0293. The fourth-order valence-electron chi connectivity index (χ4n) is 13.0. The summed E-state index contributed by atoms with van der Waals surface area (Å²) in [7, 11) is 0. The van der Waals surface area contributed by atoms with E-state index in [4.69, 9.17) is 9.41 Å². The standard InChI is InChI=1S/C72H53N3O/c1-3-54-55(52-27-18-26-47(38-52)46-20-6-4-7-21-46)37-36-45(2)71(73-72(54)58-32-19-34-64-70(58)57-31-14-16-33-63(57)74(64)53-28-8-5-9-29-53)62-43-61-56-30-15-17-35-68(56)76-69(61)44-67(62)75-65-41-50-24-12-10-22-48(50)39-59(65)60-40-49-23-11-13-25-51(49)42-66(60)75/h4-35,37-45,54,72H,3,36H2,1-2H3/b55-37+,73-71+. The Kier molecular flexibility index (Phi) is 10.3. The van der Waals surface area contributed by atoms with Crippen LogP contribution in [-0.4, -0.2) is 14.8 Å². The molecule has 76 heavy (non-hydrogen) atoms. The third kappa shape index (κ3) is 7.01. The number of para-hydroxylation sites is 3. The van der Waals surface area contributed by atoms with Crippen molar-refractivity contribution in [3.05, 3.63) is 259 Å². The number of aliphatic imine (C=N–C) groups is 1. The maximum absolute atomic E-state index is 6.86. The Labute approximate surface area is 441 Å². The maximum Gasteiger partial charge on any atom is 0.137 e. The van der Waals surface area contributed by atoms with Crippen LogP contribution >= 0.6 is 0 Å². The lowest BCUT2D eigenvalue weighted by Crippen LogP contribution is -2.23. The van der Waals surface area contributed by atoms with Gasteiger partial charge in [0.15, 0.2) is 0 Å². The van der Waals surface area contributed by atoms with Gasteiger partial charge in [0.05, 0.1) is 33.8 Å². The quantitative estimate of drug-likeness (QED) is 0.157. The van der Waals surface area contributed by atoms with E-state index in [1.165, 1.54) is 82.0 Å². The number of hydrogen-bond acceptors (Lipinski definition) is 2. The number of rotatable bonds is 7. The van der Waals surface area contributed by atoms with E-state index in [1.807, 2.05) is 0 Å². The molecule has 3 atom stereocenters. The summed E-state index contributed by atoms with van der Waals surface area (Å²) < 4.78 is 11.8. The van der Waals surface area contributed by atoms with Crippen LogP contribution in [0.25, 0.3) is 115 Å². The summed E-state index contributed by atoms with van der Waals surface area (Å²) in [5, 5.41) is 12.0. The molecule has 4 heterocycles. The second kappa shape index (κ2) is 17.7. The molecule has 3 aromatic heterocycles. The highest BCUT2D eigenvalue weighted by Crippen LogP contribution is 2.48. The van der Waals surface area contributed by atoms with Gasteiger partial charge < -0.3 is 13.6 Å². The van der Waals surface area contributed by atoms with Crippen LogP contribution in [0.4, 0.5) is 0 Å². The van der Waals surface area contributed by atoms with Crippen LogP contribution in [0.15, 0.2) is 252 Å². The predicted octanol–water partition coefficient (Wildman–Crippen LogP) is 19.4. The second-order valence-electron chi connectivity index (χ2n) is 20.9. The zero-order valence-electron chi connectivity index (χ0n) is 42.5. The van der Waals surface area contributed by atoms with Crippen molar-refractivity contribution in [3.8, 4) is 22.5 Å². The highest BCUT2D eigenvalue weighted by Gasteiger charge is 2.34. The molecule has 1 aliphatic rings. The number of hydrogen-bond donors (Lipinski definition) is 0. The molecule has 0 saturated carbocycles. The normalized spacial score (nSPS) is 17.7. The molecule has 11 aromatic carbocycles. The second-order valence-corrected chi connectivity index (χ2v) is 20.9. The van der Waals surface area contributed by atoms with E-state index in [2.05, 4.69) is 266 Å². The monoisotopic (exact) mass is 975 g/mol. The molecule has 0 amide bonds. The molecule has 0 fully saturated rings. The lowest BCUT2D eigenvalue weighted by molar-refractivity contribution is 0.516. The maximum atomic E-state index is 6.86. The van der Waals surface area contributed by atoms with Gasteiger partial charge in [-0.25, -0.2) is 0 Å². The van der Waals surface area contributed by atoms with Crippen LogP contribution in [0, 0.1) is 11.8 Å². The highest BCUT2D eigenvalue weighted by molar-refractivity contribution is 6.19. The minimum atomic E-state index is -0.260. The molecular formula is C72H53N3O. The SMILES string of the molecule is CCC1/C(c2cccc(-c3ccccc3)c2)=C/CC(C)/C(c2cc3c(cc2-n2c4cc5ccccc5cc4c4cc5ccccc5cc42)oc2ccccc23)=N\C1c1cccc2c1c1ccccc1n2-c1ccccc1. The molecule has 15 rings (SSSR count). The zero-order valence-corrected chi connectivity index (χ0v) is 42.5. The Morgan fingerprint density at radius 1 is 0.461 bits per heavy atom. The van der Waals surface area contributed by atoms with E-state index >= 15 is 0 Å². The van der Waals surface area contributed by atoms with Gasteiger partial charge in [-0.15, -0.1) is 0 Å². The lowest BCUT2D eigenvalue weighted by Gasteiger charge is -2.32. The number of aromatic nitrogens is 2. The third-order valence-corrected chi connectivity index (χ3v) is 16.5. The first-order chi connectivity index (χ1) is 37.6. The van der Waals surface area contributed by atoms with E-state index in [9.17, 15) is 0 Å². The number of fused-ring (bicyclic) bond motifs is 11. The van der Waals surface area contributed by atoms with E-state index in [-0.39, 0.29) is 17.9 Å². The molecule has 0 spiro atoms. The third-order valence-electron chi connectivity index (χ3n) is 16.5. The molecule has 0 radical (unpaired) electrons. The van der Waals surface area contributed by atoms with Gasteiger partial charge >= 0.3 is 0 Å². The van der Waals surface area contributed by atoms with Gasteiger partial charge in [-0.1, -0.05) is 184 Å². The minimum Gasteiger partial charge on any atom is -0.456 e. The van der Waals surface area contributed by atoms with Gasteiger partial charge in [-0.3, -0.25) is 4.99 Å². The first kappa shape index (κ1) is 44.3. The Morgan fingerprint density at radius 2 is 1.05 bits per heavy atom. The summed E-state index contributed by atoms with van der Waals surface area (Å²) in [4.78, 5) is 6.43. The summed E-state index contributed by atoms with van der Waals surface area (Å²) in [5.74, 6) is 0.0625. The molecular weight excluding hydrogens is 923 g/mol. The van der Waals surface area contributed by atoms with Crippen molar-refractivity contribution in [2.24, 2.45) is 16.8 Å². The first-order valence-corrected chi connectivity index (χ1v) is 26.9. The predicted molar refractivity (Wildman–Crippen MR) is 321 cm³/mol. The summed E-state index contributed by atoms with van der Waals surface area (Å²) in [5.41, 5.74) is 17.1. The molecule has 0 aliphatic carbocycles. The van der Waals surface area contributed by atoms with Crippen LogP contribution in [0.1, 0.15) is 49.4 Å². The van der Waals surface area contributed by atoms with Gasteiger partial charge in [0.1, 0.15) is 11.2 Å². The van der Waals surface area contributed by atoms with E-state index in [0.29, 0.717) is 0 Å². The molecule has 362 valence electrons. The molecule has 0 N–H and O–H groups in total. The average molecular weight is 976 g/mol. The number of nitrogens with zero attached hydrogens (tertiary/aromatic N) is 3. The molecule has 3 unspecified atom stereocenters. The molecule has 0 saturated heterocycles. The van der Waals surface area contributed by atoms with Crippen molar-refractivity contribution in [2.45, 2.75) is 32.7 Å². The van der Waals surface area contributed by atoms with Crippen LogP contribution in [0.3, 0.4) is 0 Å². The van der Waals surface area contributed by atoms with Crippen molar-refractivity contribution in [1.82, 2.24) is 9.13 Å². The van der Waals surface area contributed by atoms with Gasteiger partial charge in [0.2, 0.25) is 0 Å². The summed E-state index contributed by atoms with van der Waals surface area (Å²) in [6.45, 7) is 4.76. The highest BCUT2D eigenvalue weighted by atomic mass is 16.3. The fraction of sp³-hybridized carbons (Fsp3) is 0.0972. The first-order valence-electron chi connectivity index (χ1n) is 26.9. The van der Waals surface area contributed by atoms with E-state index in [0.717, 1.165) is 68.5 Å². The Bertz CT molecular complexity index is 4590. The van der Waals surface area contributed by atoms with Crippen molar-refractivity contribution in [1.29, 1.82) is 0 Å². The summed E-state index contributed by atoms with van der Waals surface area (Å²) in [6, 6.07) is 86.8. The van der Waals surface area contributed by atoms with Gasteiger partial charge in [-0.05, 0) is 129 Å². The van der Waals surface area contributed by atoms with Crippen molar-refractivity contribution >= 4 is 98.4 Å². The lowest BCUT2D eigenvalue weighted by atomic mass is 9.77. The van der Waals surface area contributed by atoms with E-state index < -0.39 is 0 Å². The molecule has 4 heteroatoms. The number of furan rings is 1. The van der Waals surface area contributed by atoms with Gasteiger partial charge in [0.25, 0.3) is 0 Å². The Hall–Kier alpha value is -9.25. The van der Waals surface area contributed by atoms with Gasteiger partial charge in [-0.2, -0.15) is 0 Å². The molecule has 4 nitrogen and oxygen atoms in total. The van der Waals surface area contributed by atoms with Crippen molar-refractivity contribution < 1.29 is 4.42 Å². The van der Waals surface area contributed by atoms with Crippen LogP contribution in [0.5, 0.6) is 0 Å². The average Bonchev–Trinajstić information content (AvgIpc) is 4.17. The van der Waals surface area contributed by atoms with Crippen molar-refractivity contribution in [2.75, 3.05) is 0 Å². The summed E-state index contributed by atoms with van der Waals surface area (Å²) in [6.07, 6.45) is 4.27. The van der Waals surface area contributed by atoms with Crippen LogP contribution in [-0.2, 0) is 0 Å². The topological polar surface area (TPSA) is 35.4 Å². The smallest absolute Gasteiger partial charge is 0.137 e. The number of benzene rings is 11.